The molecule has 0 saturated heterocycles. The van der Waals surface area contributed by atoms with E-state index in [9.17, 15) is 14.4 Å². The Morgan fingerprint density at radius 1 is 1.17 bits per heavy atom. The molecule has 30 heavy (non-hydrogen) atoms. The number of thiazole rings is 1. The molecule has 0 fully saturated rings. The zero-order valence-electron chi connectivity index (χ0n) is 16.6. The molecular formula is C22H20N4O3S. The average Bonchev–Trinajstić information content (AvgIpc) is 3.36. The van der Waals surface area contributed by atoms with E-state index in [1.807, 2.05) is 25.3 Å². The van der Waals surface area contributed by atoms with Crippen LogP contribution in [0.4, 0.5) is 5.13 Å². The number of imide groups is 1. The first-order chi connectivity index (χ1) is 14.4. The molecule has 3 amide bonds. The SMILES string of the molecule is C=CCn1c(C)cc(-c2csc(NC(=O)CN3C(=O)c4ccccc4C3=O)n2)c1C. The first kappa shape index (κ1) is 19.8. The normalized spacial score (nSPS) is 12.9. The summed E-state index contributed by atoms with van der Waals surface area (Å²) in [6.45, 7) is 8.20. The van der Waals surface area contributed by atoms with Crippen LogP contribution >= 0.6 is 11.3 Å². The lowest BCUT2D eigenvalue weighted by molar-refractivity contribution is -0.116. The third-order valence-corrected chi connectivity index (χ3v) is 5.85. The monoisotopic (exact) mass is 420 g/mol. The lowest BCUT2D eigenvalue weighted by Gasteiger charge is -2.12. The van der Waals surface area contributed by atoms with E-state index < -0.39 is 17.7 Å². The third kappa shape index (κ3) is 3.35. The highest BCUT2D eigenvalue weighted by Crippen LogP contribution is 2.30. The maximum atomic E-state index is 12.5. The number of hydrogen-bond acceptors (Lipinski definition) is 5. The van der Waals surface area contributed by atoms with Crippen LogP contribution in [0.1, 0.15) is 32.1 Å². The van der Waals surface area contributed by atoms with Crippen LogP contribution in [0.3, 0.4) is 0 Å². The highest BCUT2D eigenvalue weighted by molar-refractivity contribution is 7.14. The van der Waals surface area contributed by atoms with Gasteiger partial charge in [0.05, 0.1) is 16.8 Å². The van der Waals surface area contributed by atoms with Gasteiger partial charge in [-0.05, 0) is 32.0 Å². The van der Waals surface area contributed by atoms with Crippen molar-refractivity contribution >= 4 is 34.2 Å². The van der Waals surface area contributed by atoms with Gasteiger partial charge >= 0.3 is 0 Å². The number of fused-ring (bicyclic) bond motifs is 1. The zero-order chi connectivity index (χ0) is 21.4. The molecule has 0 aliphatic carbocycles. The van der Waals surface area contributed by atoms with Crippen molar-refractivity contribution in [2.45, 2.75) is 20.4 Å². The number of hydrogen-bond donors (Lipinski definition) is 1. The van der Waals surface area contributed by atoms with E-state index in [1.165, 1.54) is 11.3 Å². The van der Waals surface area contributed by atoms with E-state index in [0.717, 1.165) is 27.5 Å². The molecule has 0 spiro atoms. The molecule has 3 heterocycles. The third-order valence-electron chi connectivity index (χ3n) is 5.09. The first-order valence-electron chi connectivity index (χ1n) is 9.39. The Labute approximate surface area is 177 Å². The number of rotatable bonds is 6. The van der Waals surface area contributed by atoms with Crippen molar-refractivity contribution in [2.75, 3.05) is 11.9 Å². The quantitative estimate of drug-likeness (QED) is 0.487. The summed E-state index contributed by atoms with van der Waals surface area (Å²) in [5.74, 6) is -1.39. The molecule has 2 aromatic heterocycles. The van der Waals surface area contributed by atoms with E-state index in [2.05, 4.69) is 27.5 Å². The Bertz CT molecular complexity index is 1160. The van der Waals surface area contributed by atoms with Crippen LogP contribution in [0, 0.1) is 13.8 Å². The number of amides is 3. The van der Waals surface area contributed by atoms with Crippen molar-refractivity contribution < 1.29 is 14.4 Å². The topological polar surface area (TPSA) is 84.3 Å². The summed E-state index contributed by atoms with van der Waals surface area (Å²) < 4.78 is 2.14. The molecule has 0 radical (unpaired) electrons. The molecular weight excluding hydrogens is 400 g/mol. The number of carbonyl (C=O) groups is 3. The van der Waals surface area contributed by atoms with Gasteiger partial charge in [0.15, 0.2) is 5.13 Å². The van der Waals surface area contributed by atoms with Gasteiger partial charge in [-0.2, -0.15) is 0 Å². The summed E-state index contributed by atoms with van der Waals surface area (Å²) in [7, 11) is 0. The Morgan fingerprint density at radius 2 is 1.83 bits per heavy atom. The minimum Gasteiger partial charge on any atom is -0.345 e. The smallest absolute Gasteiger partial charge is 0.262 e. The number of allylic oxidation sites excluding steroid dienone is 1. The summed E-state index contributed by atoms with van der Waals surface area (Å²) in [4.78, 5) is 42.7. The summed E-state index contributed by atoms with van der Waals surface area (Å²) in [6.07, 6.45) is 1.84. The van der Waals surface area contributed by atoms with E-state index in [0.29, 0.717) is 22.8 Å². The van der Waals surface area contributed by atoms with Crippen LogP contribution in [0.2, 0.25) is 0 Å². The molecule has 1 aliphatic rings. The van der Waals surface area contributed by atoms with Gasteiger partial charge in [-0.1, -0.05) is 18.2 Å². The number of nitrogens with zero attached hydrogens (tertiary/aromatic N) is 3. The number of anilines is 1. The second kappa shape index (κ2) is 7.72. The molecule has 8 heteroatoms. The lowest BCUT2D eigenvalue weighted by Crippen LogP contribution is -2.37. The number of aromatic nitrogens is 2. The molecule has 7 nitrogen and oxygen atoms in total. The van der Waals surface area contributed by atoms with Crippen molar-refractivity contribution in [3.05, 3.63) is 70.9 Å². The molecule has 0 atom stereocenters. The molecule has 0 unspecified atom stereocenters. The molecule has 1 N–H and O–H groups in total. The highest BCUT2D eigenvalue weighted by Gasteiger charge is 2.36. The lowest BCUT2D eigenvalue weighted by atomic mass is 10.1. The minimum absolute atomic E-state index is 0.321. The fraction of sp³-hybridized carbons (Fsp3) is 0.182. The Balaban J connectivity index is 1.47. The molecule has 1 aromatic carbocycles. The van der Waals surface area contributed by atoms with Crippen molar-refractivity contribution in [3.63, 3.8) is 0 Å². The van der Waals surface area contributed by atoms with Gasteiger partial charge in [-0.3, -0.25) is 19.3 Å². The summed E-state index contributed by atoms with van der Waals surface area (Å²) in [6, 6.07) is 8.61. The van der Waals surface area contributed by atoms with Crippen LogP contribution in [0.5, 0.6) is 0 Å². The van der Waals surface area contributed by atoms with Crippen molar-refractivity contribution in [1.82, 2.24) is 14.5 Å². The van der Waals surface area contributed by atoms with Gasteiger partial charge in [0, 0.05) is 28.9 Å². The van der Waals surface area contributed by atoms with Crippen LogP contribution < -0.4 is 5.32 Å². The van der Waals surface area contributed by atoms with Crippen LogP contribution in [0.25, 0.3) is 11.3 Å². The fourth-order valence-corrected chi connectivity index (χ4v) is 4.34. The number of benzene rings is 1. The fourth-order valence-electron chi connectivity index (χ4n) is 3.61. The van der Waals surface area contributed by atoms with Crippen molar-refractivity contribution in [1.29, 1.82) is 0 Å². The van der Waals surface area contributed by atoms with Crippen LogP contribution in [0.15, 0.2) is 48.4 Å². The predicted molar refractivity (Wildman–Crippen MR) is 116 cm³/mol. The van der Waals surface area contributed by atoms with E-state index in [1.54, 1.807) is 24.3 Å². The van der Waals surface area contributed by atoms with Gasteiger partial charge in [0.25, 0.3) is 11.8 Å². The summed E-state index contributed by atoms with van der Waals surface area (Å²) in [5.41, 5.74) is 4.57. The molecule has 0 saturated carbocycles. The average molecular weight is 420 g/mol. The standard InChI is InChI=1S/C22H20N4O3S/c1-4-9-25-13(2)10-17(14(25)3)18-12-30-22(23-18)24-19(27)11-26-20(28)15-7-5-6-8-16(15)21(26)29/h4-8,10,12H,1,9,11H2,2-3H3,(H,23,24,27). The molecule has 1 aliphatic heterocycles. The Morgan fingerprint density at radius 3 is 2.47 bits per heavy atom. The first-order valence-corrected chi connectivity index (χ1v) is 10.3. The second-order valence-corrected chi connectivity index (χ2v) is 7.87. The Kier molecular flexibility index (Phi) is 5.09. The van der Waals surface area contributed by atoms with Gasteiger partial charge < -0.3 is 9.88 Å². The highest BCUT2D eigenvalue weighted by atomic mass is 32.1. The van der Waals surface area contributed by atoms with E-state index in [4.69, 9.17) is 0 Å². The van der Waals surface area contributed by atoms with Crippen LogP contribution in [-0.4, -0.2) is 38.7 Å². The second-order valence-electron chi connectivity index (χ2n) is 7.01. The Hall–Kier alpha value is -3.52. The molecule has 3 aromatic rings. The number of aryl methyl sites for hydroxylation is 1. The van der Waals surface area contributed by atoms with E-state index >= 15 is 0 Å². The van der Waals surface area contributed by atoms with Crippen molar-refractivity contribution in [3.8, 4) is 11.3 Å². The van der Waals surface area contributed by atoms with Gasteiger partial charge in [-0.25, -0.2) is 4.98 Å². The van der Waals surface area contributed by atoms with Crippen LogP contribution in [-0.2, 0) is 11.3 Å². The minimum atomic E-state index is -0.470. The van der Waals surface area contributed by atoms with Gasteiger partial charge in [0.2, 0.25) is 5.91 Å². The summed E-state index contributed by atoms with van der Waals surface area (Å²) in [5, 5.41) is 4.98. The number of nitrogens with one attached hydrogen (secondary N) is 1. The number of carbonyl (C=O) groups excluding carboxylic acids is 3. The van der Waals surface area contributed by atoms with Gasteiger partial charge in [0.1, 0.15) is 6.54 Å². The molecule has 4 rings (SSSR count). The van der Waals surface area contributed by atoms with E-state index in [-0.39, 0.29) is 6.54 Å². The summed E-state index contributed by atoms with van der Waals surface area (Å²) >= 11 is 1.30. The maximum absolute atomic E-state index is 12.5. The maximum Gasteiger partial charge on any atom is 0.262 e. The molecule has 0 bridgehead atoms. The zero-order valence-corrected chi connectivity index (χ0v) is 17.5. The van der Waals surface area contributed by atoms with Gasteiger partial charge in [-0.15, -0.1) is 17.9 Å². The molecule has 152 valence electrons. The predicted octanol–water partition coefficient (Wildman–Crippen LogP) is 3.65. The van der Waals surface area contributed by atoms with Crippen molar-refractivity contribution in [2.24, 2.45) is 0 Å². The largest absolute Gasteiger partial charge is 0.345 e.